The Bertz CT molecular complexity index is 364. The number of allylic oxidation sites excluding steroid dienone is 1. The maximum absolute atomic E-state index is 6.12. The molecule has 20 heavy (non-hydrogen) atoms. The molecule has 6 heteroatoms. The van der Waals surface area contributed by atoms with Crippen LogP contribution in [0.4, 0.5) is 0 Å². The molecule has 0 aromatic rings. The van der Waals surface area contributed by atoms with E-state index < -0.39 is 25.0 Å². The van der Waals surface area contributed by atoms with Gasteiger partial charge in [0.1, 0.15) is 5.76 Å². The topological polar surface area (TPSA) is 27.7 Å². The minimum absolute atomic E-state index is 0.617. The summed E-state index contributed by atoms with van der Waals surface area (Å²) in [6, 6.07) is 0. The first-order valence-corrected chi connectivity index (χ1v) is 17.3. The molecule has 0 atom stereocenters. The number of hydrogen-bond acceptors (Lipinski definition) is 3. The molecule has 0 bridgehead atoms. The van der Waals surface area contributed by atoms with Gasteiger partial charge in [-0.1, -0.05) is 6.58 Å². The second-order valence-electron chi connectivity index (χ2n) is 7.98. The summed E-state index contributed by atoms with van der Waals surface area (Å²) < 4.78 is 18.2. The predicted molar refractivity (Wildman–Crippen MR) is 95.1 cm³/mol. The van der Waals surface area contributed by atoms with Crippen molar-refractivity contribution >= 4 is 25.0 Å². The van der Waals surface area contributed by atoms with Gasteiger partial charge >= 0.3 is 0 Å². The van der Waals surface area contributed by atoms with Gasteiger partial charge in [0.2, 0.25) is 25.0 Å². The van der Waals surface area contributed by atoms with E-state index >= 15 is 0 Å². The summed E-state index contributed by atoms with van der Waals surface area (Å²) in [4.78, 5) is 0. The molecule has 0 radical (unpaired) electrons. The van der Waals surface area contributed by atoms with Gasteiger partial charge in [0, 0.05) is 0 Å². The van der Waals surface area contributed by atoms with Crippen molar-refractivity contribution in [2.24, 2.45) is 0 Å². The van der Waals surface area contributed by atoms with E-state index in [1.807, 2.05) is 6.92 Å². The Balaban J connectivity index is 5.35. The SMILES string of the molecule is C=C(O[Si](C)(C)C)C(C)=C(O[Si](C)(C)C)O[Si](C)(C)C. The van der Waals surface area contributed by atoms with Crippen molar-refractivity contribution in [3.05, 3.63) is 23.9 Å². The summed E-state index contributed by atoms with van der Waals surface area (Å²) in [6.07, 6.45) is 0. The van der Waals surface area contributed by atoms with Gasteiger partial charge in [-0.25, -0.2) is 0 Å². The Hall–Kier alpha value is -0.469. The molecule has 0 aliphatic heterocycles. The molecular formula is C14H32O3Si3. The van der Waals surface area contributed by atoms with E-state index in [2.05, 4.69) is 65.5 Å². The molecule has 0 fully saturated rings. The van der Waals surface area contributed by atoms with Crippen LogP contribution in [0.15, 0.2) is 23.9 Å². The van der Waals surface area contributed by atoms with Crippen LogP contribution in [-0.2, 0) is 13.3 Å². The van der Waals surface area contributed by atoms with E-state index in [9.17, 15) is 0 Å². The molecule has 0 heterocycles. The van der Waals surface area contributed by atoms with E-state index in [0.29, 0.717) is 11.7 Å². The summed E-state index contributed by atoms with van der Waals surface area (Å²) in [6.45, 7) is 25.3. The van der Waals surface area contributed by atoms with Crippen LogP contribution in [0.3, 0.4) is 0 Å². The summed E-state index contributed by atoms with van der Waals surface area (Å²) >= 11 is 0. The third-order valence-corrected chi connectivity index (χ3v) is 4.41. The second-order valence-corrected chi connectivity index (χ2v) is 21.3. The van der Waals surface area contributed by atoms with E-state index in [4.69, 9.17) is 13.3 Å². The van der Waals surface area contributed by atoms with Crippen LogP contribution in [0.2, 0.25) is 58.9 Å². The first kappa shape index (κ1) is 19.5. The Kier molecular flexibility index (Phi) is 6.38. The van der Waals surface area contributed by atoms with E-state index in [1.165, 1.54) is 0 Å². The highest BCUT2D eigenvalue weighted by Crippen LogP contribution is 2.25. The molecular weight excluding hydrogens is 300 g/mol. The van der Waals surface area contributed by atoms with Crippen LogP contribution in [0.25, 0.3) is 0 Å². The average molecular weight is 333 g/mol. The molecule has 0 saturated carbocycles. The van der Waals surface area contributed by atoms with Crippen molar-refractivity contribution in [3.63, 3.8) is 0 Å². The molecule has 0 spiro atoms. The molecule has 0 saturated heterocycles. The summed E-state index contributed by atoms with van der Waals surface area (Å²) in [5, 5.41) is 0. The molecule has 0 amide bonds. The molecule has 3 nitrogen and oxygen atoms in total. The van der Waals surface area contributed by atoms with Gasteiger partial charge < -0.3 is 13.3 Å². The van der Waals surface area contributed by atoms with Gasteiger partial charge in [0.25, 0.3) is 5.95 Å². The highest BCUT2D eigenvalue weighted by molar-refractivity contribution is 6.71. The second kappa shape index (κ2) is 6.53. The zero-order valence-corrected chi connectivity index (χ0v) is 17.9. The molecule has 0 unspecified atom stereocenters. The Morgan fingerprint density at radius 2 is 0.950 bits per heavy atom. The highest BCUT2D eigenvalue weighted by atomic mass is 28.4. The quantitative estimate of drug-likeness (QED) is 0.360. The van der Waals surface area contributed by atoms with Crippen molar-refractivity contribution in [3.8, 4) is 0 Å². The summed E-state index contributed by atoms with van der Waals surface area (Å²) in [7, 11) is -5.14. The zero-order valence-electron chi connectivity index (χ0n) is 14.9. The minimum atomic E-state index is -1.73. The lowest BCUT2D eigenvalue weighted by Crippen LogP contribution is -2.33. The Morgan fingerprint density at radius 3 is 1.20 bits per heavy atom. The van der Waals surface area contributed by atoms with Gasteiger partial charge in [0.05, 0.1) is 5.57 Å². The van der Waals surface area contributed by atoms with E-state index in [-0.39, 0.29) is 0 Å². The molecule has 0 aromatic carbocycles. The van der Waals surface area contributed by atoms with Gasteiger partial charge in [-0.2, -0.15) is 0 Å². The summed E-state index contributed by atoms with van der Waals surface area (Å²) in [5.41, 5.74) is 0.886. The first-order valence-electron chi connectivity index (χ1n) is 7.08. The molecule has 0 aromatic heterocycles. The van der Waals surface area contributed by atoms with Crippen LogP contribution < -0.4 is 0 Å². The van der Waals surface area contributed by atoms with Crippen molar-refractivity contribution in [2.75, 3.05) is 0 Å². The fraction of sp³-hybridized carbons (Fsp3) is 0.714. The van der Waals surface area contributed by atoms with Crippen LogP contribution in [-0.4, -0.2) is 25.0 Å². The molecule has 0 aliphatic rings. The van der Waals surface area contributed by atoms with E-state index in [0.717, 1.165) is 5.57 Å². The predicted octanol–water partition coefficient (Wildman–Crippen LogP) is 5.29. The lowest BCUT2D eigenvalue weighted by Gasteiger charge is -2.30. The minimum Gasteiger partial charge on any atom is -0.544 e. The van der Waals surface area contributed by atoms with Crippen LogP contribution >= 0.6 is 0 Å². The molecule has 0 aliphatic carbocycles. The maximum Gasteiger partial charge on any atom is 0.258 e. The number of rotatable bonds is 7. The fourth-order valence-corrected chi connectivity index (χ4v) is 3.77. The van der Waals surface area contributed by atoms with Crippen LogP contribution in [0, 0.1) is 0 Å². The monoisotopic (exact) mass is 332 g/mol. The first-order chi connectivity index (χ1) is 8.61. The van der Waals surface area contributed by atoms with Crippen molar-refractivity contribution in [1.82, 2.24) is 0 Å². The summed E-state index contributed by atoms with van der Waals surface area (Å²) in [5.74, 6) is 1.29. The third-order valence-electron chi connectivity index (χ3n) is 1.95. The van der Waals surface area contributed by atoms with Crippen molar-refractivity contribution in [1.29, 1.82) is 0 Å². The largest absolute Gasteiger partial charge is 0.544 e. The molecule has 0 rings (SSSR count). The van der Waals surface area contributed by atoms with E-state index in [1.54, 1.807) is 0 Å². The lowest BCUT2D eigenvalue weighted by atomic mass is 10.3. The maximum atomic E-state index is 6.12. The van der Waals surface area contributed by atoms with Gasteiger partial charge in [-0.3, -0.25) is 0 Å². The normalized spacial score (nSPS) is 12.7. The molecule has 0 N–H and O–H groups in total. The van der Waals surface area contributed by atoms with Crippen LogP contribution in [0.1, 0.15) is 6.92 Å². The lowest BCUT2D eigenvalue weighted by molar-refractivity contribution is 0.208. The third kappa shape index (κ3) is 9.44. The smallest absolute Gasteiger partial charge is 0.258 e. The van der Waals surface area contributed by atoms with Crippen molar-refractivity contribution < 1.29 is 13.3 Å². The molecule has 118 valence electrons. The zero-order chi connectivity index (χ0) is 16.4. The fourth-order valence-electron chi connectivity index (χ4n) is 1.29. The number of hydrogen-bond donors (Lipinski definition) is 0. The standard InChI is InChI=1S/C14H32O3Si3/c1-12(13(2)15-18(3,4)5)14(16-19(6,7)8)17-20(9,10)11/h2H2,1,3-11H3. The van der Waals surface area contributed by atoms with Gasteiger partial charge in [-0.15, -0.1) is 0 Å². The Morgan fingerprint density at radius 1 is 0.650 bits per heavy atom. The van der Waals surface area contributed by atoms with Crippen molar-refractivity contribution in [2.45, 2.75) is 65.8 Å². The Labute approximate surface area is 128 Å². The highest BCUT2D eigenvalue weighted by Gasteiger charge is 2.27. The average Bonchev–Trinajstić information content (AvgIpc) is 2.07. The van der Waals surface area contributed by atoms with Crippen LogP contribution in [0.5, 0.6) is 0 Å². The van der Waals surface area contributed by atoms with Gasteiger partial charge in [0.15, 0.2) is 0 Å². The van der Waals surface area contributed by atoms with Gasteiger partial charge in [-0.05, 0) is 65.8 Å².